The number of aromatic nitrogens is 1. The van der Waals surface area contributed by atoms with Crippen LogP contribution in [0.2, 0.25) is 0 Å². The third-order valence-electron chi connectivity index (χ3n) is 9.14. The van der Waals surface area contributed by atoms with Crippen molar-refractivity contribution in [2.45, 2.75) is 78.2 Å². The Bertz CT molecular complexity index is 2020. The maximum atomic E-state index is 13.8. The number of benzene rings is 3. The molecule has 0 spiro atoms. The second kappa shape index (κ2) is 20.4. The highest BCUT2D eigenvalue weighted by Gasteiger charge is 2.26. The van der Waals surface area contributed by atoms with Gasteiger partial charge in [0.25, 0.3) is 5.92 Å². The van der Waals surface area contributed by atoms with E-state index in [9.17, 15) is 18.4 Å². The Morgan fingerprint density at radius 3 is 2.57 bits per heavy atom. The highest BCUT2D eigenvalue weighted by Crippen LogP contribution is 2.33. The molecular formula is C45H52F2N4O2S. The Labute approximate surface area is 324 Å². The van der Waals surface area contributed by atoms with Gasteiger partial charge in [-0.15, -0.1) is 6.58 Å². The Morgan fingerprint density at radius 2 is 1.85 bits per heavy atom. The van der Waals surface area contributed by atoms with Crippen LogP contribution in [0, 0.1) is 5.92 Å². The average molecular weight is 751 g/mol. The molecule has 0 radical (unpaired) electrons. The maximum absolute atomic E-state index is 13.8. The lowest BCUT2D eigenvalue weighted by atomic mass is 9.92. The van der Waals surface area contributed by atoms with E-state index in [1.54, 1.807) is 18.3 Å². The van der Waals surface area contributed by atoms with Crippen LogP contribution < -0.4 is 5.32 Å². The molecule has 284 valence electrons. The molecule has 2 heterocycles. The first-order valence-corrected chi connectivity index (χ1v) is 19.6. The van der Waals surface area contributed by atoms with Gasteiger partial charge in [-0.1, -0.05) is 107 Å². The second-order valence-corrected chi connectivity index (χ2v) is 13.8. The Morgan fingerprint density at radius 1 is 1.07 bits per heavy atom. The highest BCUT2D eigenvalue weighted by atomic mass is 32.2. The Kier molecular flexibility index (Phi) is 15.8. The fourth-order valence-electron chi connectivity index (χ4n) is 6.15. The number of amides is 2. The van der Waals surface area contributed by atoms with Crippen molar-refractivity contribution in [2.24, 2.45) is 15.9 Å². The van der Waals surface area contributed by atoms with Gasteiger partial charge in [-0.2, -0.15) is 13.8 Å². The van der Waals surface area contributed by atoms with E-state index >= 15 is 0 Å². The minimum Gasteiger partial charge on any atom is -0.306 e. The normalized spacial score (nSPS) is 15.2. The third-order valence-corrected chi connectivity index (χ3v) is 10.1. The average Bonchev–Trinajstić information content (AvgIpc) is 3.38. The fraction of sp³-hybridized carbons (Fsp3) is 0.311. The van der Waals surface area contributed by atoms with Crippen LogP contribution in [0.5, 0.6) is 0 Å². The number of aliphatic imine (C=N–C) groups is 2. The van der Waals surface area contributed by atoms with Crippen molar-refractivity contribution in [3.05, 3.63) is 138 Å². The third kappa shape index (κ3) is 11.2. The summed E-state index contributed by atoms with van der Waals surface area (Å²) in [6, 6.07) is 21.4. The topological polar surface area (TPSA) is 83.8 Å². The van der Waals surface area contributed by atoms with E-state index in [1.807, 2.05) is 81.6 Å². The van der Waals surface area contributed by atoms with Gasteiger partial charge in [-0.05, 0) is 96.5 Å². The number of carbonyl (C=O) groups is 2. The van der Waals surface area contributed by atoms with Gasteiger partial charge in [0.2, 0.25) is 0 Å². The number of pyridine rings is 1. The fourth-order valence-corrected chi connectivity index (χ4v) is 6.94. The number of carbonyl (C=O) groups excluding carboxylic acids is 2. The van der Waals surface area contributed by atoms with E-state index in [0.29, 0.717) is 23.2 Å². The summed E-state index contributed by atoms with van der Waals surface area (Å²) in [6.45, 7) is 15.3. The van der Waals surface area contributed by atoms with Gasteiger partial charge < -0.3 is 5.32 Å². The summed E-state index contributed by atoms with van der Waals surface area (Å²) in [5.74, 6) is -2.64. The van der Waals surface area contributed by atoms with Crippen LogP contribution in [0.3, 0.4) is 0 Å². The summed E-state index contributed by atoms with van der Waals surface area (Å²) >= 11 is 1.26. The van der Waals surface area contributed by atoms with E-state index in [0.717, 1.165) is 64.4 Å². The lowest BCUT2D eigenvalue weighted by molar-refractivity contribution is -0.115. The van der Waals surface area contributed by atoms with E-state index < -0.39 is 12.0 Å². The summed E-state index contributed by atoms with van der Waals surface area (Å²) in [5, 5.41) is 4.39. The number of halogens is 2. The first-order chi connectivity index (χ1) is 26.1. The van der Waals surface area contributed by atoms with E-state index in [2.05, 4.69) is 41.4 Å². The van der Waals surface area contributed by atoms with Crippen molar-refractivity contribution in [1.29, 1.82) is 0 Å². The molecule has 6 nitrogen and oxygen atoms in total. The number of allylic oxidation sites excluding steroid dienone is 2. The molecule has 1 aromatic heterocycles. The lowest BCUT2D eigenvalue weighted by Gasteiger charge is -2.20. The van der Waals surface area contributed by atoms with Crippen LogP contribution in [-0.2, 0) is 23.6 Å². The van der Waals surface area contributed by atoms with Gasteiger partial charge in [0, 0.05) is 36.6 Å². The molecule has 0 fully saturated rings. The second-order valence-electron chi connectivity index (χ2n) is 12.8. The lowest BCUT2D eigenvalue weighted by Crippen LogP contribution is -2.12. The van der Waals surface area contributed by atoms with Gasteiger partial charge >= 0.3 is 6.03 Å². The number of aryl methyl sites for hydroxylation is 2. The predicted molar refractivity (Wildman–Crippen MR) is 226 cm³/mol. The summed E-state index contributed by atoms with van der Waals surface area (Å²) < 4.78 is 27.6. The molecular weight excluding hydrogens is 699 g/mol. The first-order valence-electron chi connectivity index (χ1n) is 18.6. The largest absolute Gasteiger partial charge is 0.346 e. The van der Waals surface area contributed by atoms with Gasteiger partial charge in [0.05, 0.1) is 17.3 Å². The molecule has 54 heavy (non-hydrogen) atoms. The zero-order valence-corrected chi connectivity index (χ0v) is 32.5. The van der Waals surface area contributed by atoms with E-state index in [4.69, 9.17) is 4.99 Å². The number of thioether (sulfide) groups is 1. The maximum Gasteiger partial charge on any atom is 0.346 e. The molecule has 5 rings (SSSR count). The van der Waals surface area contributed by atoms with Crippen molar-refractivity contribution < 1.29 is 19.8 Å². The SMILES string of the molecule is C=CC(C)C(N=CCCCCc1ccc(C(F)(F)C=C)cc1)c1ccc(NC(=O)/N=C2/C=C(c3cccc4ncccc34)CC(=O)CS2)c(CC)c1.CC.[HH]. The van der Waals surface area contributed by atoms with Crippen molar-refractivity contribution in [2.75, 3.05) is 11.1 Å². The summed E-state index contributed by atoms with van der Waals surface area (Å²) in [7, 11) is 0. The molecule has 1 aliphatic rings. The molecule has 2 atom stereocenters. The van der Waals surface area contributed by atoms with Crippen LogP contribution in [-0.4, -0.2) is 33.8 Å². The number of unbranched alkanes of at least 4 members (excludes halogenated alkanes) is 2. The number of anilines is 1. The molecule has 2 amide bonds. The summed E-state index contributed by atoms with van der Waals surface area (Å²) in [6.07, 6.45) is 12.5. The van der Waals surface area contributed by atoms with Crippen molar-refractivity contribution in [1.82, 2.24) is 4.98 Å². The van der Waals surface area contributed by atoms with Gasteiger partial charge in [-0.3, -0.25) is 14.8 Å². The molecule has 1 N–H and O–H groups in total. The predicted octanol–water partition coefficient (Wildman–Crippen LogP) is 12.4. The van der Waals surface area contributed by atoms with Crippen LogP contribution >= 0.6 is 11.8 Å². The Hall–Kier alpha value is -5.02. The Balaban J connectivity index is 0.00000266. The number of rotatable bonds is 14. The molecule has 1 aliphatic heterocycles. The van der Waals surface area contributed by atoms with Gasteiger partial charge in [0.1, 0.15) is 10.8 Å². The monoisotopic (exact) mass is 750 g/mol. The quantitative estimate of drug-likeness (QED) is 0.0790. The van der Waals surface area contributed by atoms with Crippen LogP contribution in [0.4, 0.5) is 19.3 Å². The number of hydrogen-bond acceptors (Lipinski definition) is 5. The van der Waals surface area contributed by atoms with Crippen molar-refractivity contribution in [3.63, 3.8) is 0 Å². The number of fused-ring (bicyclic) bond motifs is 1. The number of urea groups is 1. The minimum atomic E-state index is -3.02. The number of ketones is 1. The number of Topliss-reactive ketones (excluding diaryl/α,β-unsaturated/α-hetero) is 1. The van der Waals surface area contributed by atoms with Crippen LogP contribution in [0.15, 0.2) is 120 Å². The minimum absolute atomic E-state index is 0. The molecule has 4 aromatic rings. The highest BCUT2D eigenvalue weighted by molar-refractivity contribution is 8.14. The number of hydrogen-bond donors (Lipinski definition) is 1. The van der Waals surface area contributed by atoms with Crippen LogP contribution in [0.1, 0.15) is 88.7 Å². The zero-order valence-electron chi connectivity index (χ0n) is 31.7. The number of nitrogens with zero attached hydrogens (tertiary/aromatic N) is 3. The zero-order chi connectivity index (χ0) is 39.1. The standard InChI is InChI=1S/C43H44F2N4O2S.C2H6.H2/c1-5-29(4)41(47-23-10-8-9-13-30-17-20-34(21-18-30)43(44,45)7-3)32-19-22-38(31(6-2)25-32)48-42(51)49-40-27-33(26-35(50)28-52-40)36-14-11-16-39-37(36)15-12-24-46-39;1-2;/h5,7,11-12,14-25,27,29,41H,1,3,6,8-10,13,26,28H2,2,4H3,(H,48,51);1-2H3;1H/b47-23?,49-40-;;. The van der Waals surface area contributed by atoms with Gasteiger partial charge in [0.15, 0.2) is 0 Å². The molecule has 2 unspecified atom stereocenters. The molecule has 0 aliphatic carbocycles. The van der Waals surface area contributed by atoms with E-state index in [-0.39, 0.29) is 36.9 Å². The first kappa shape index (κ1) is 41.7. The molecule has 0 saturated carbocycles. The number of alkyl halides is 2. The van der Waals surface area contributed by atoms with Gasteiger partial charge in [-0.25, -0.2) is 4.79 Å². The smallest absolute Gasteiger partial charge is 0.306 e. The van der Waals surface area contributed by atoms with Crippen molar-refractivity contribution in [3.8, 4) is 0 Å². The molecule has 3 aromatic carbocycles. The molecule has 9 heteroatoms. The van der Waals surface area contributed by atoms with E-state index in [1.165, 1.54) is 23.9 Å². The van der Waals surface area contributed by atoms with Crippen LogP contribution in [0.25, 0.3) is 16.5 Å². The van der Waals surface area contributed by atoms with Crippen molar-refractivity contribution >= 4 is 57.0 Å². The summed E-state index contributed by atoms with van der Waals surface area (Å²) in [5.41, 5.74) is 6.19. The molecule has 0 saturated heterocycles. The molecule has 0 bridgehead atoms. The summed E-state index contributed by atoms with van der Waals surface area (Å²) in [4.78, 5) is 39.7. The number of nitrogens with one attached hydrogen (secondary N) is 1.